The molecule has 2 aliphatic rings. The molecule has 1 aromatic heterocycles. The van der Waals surface area contributed by atoms with E-state index in [4.69, 9.17) is 9.15 Å². The van der Waals surface area contributed by atoms with Crippen LogP contribution in [0.15, 0.2) is 47.3 Å². The summed E-state index contributed by atoms with van der Waals surface area (Å²) >= 11 is 0. The minimum Gasteiger partial charge on any atom is -0.487 e. The molecule has 1 fully saturated rings. The van der Waals surface area contributed by atoms with Gasteiger partial charge in [0.15, 0.2) is 0 Å². The van der Waals surface area contributed by atoms with Gasteiger partial charge in [-0.3, -0.25) is 0 Å². The van der Waals surface area contributed by atoms with Gasteiger partial charge in [0.2, 0.25) is 0 Å². The molecule has 1 saturated heterocycles. The van der Waals surface area contributed by atoms with Crippen LogP contribution in [0.2, 0.25) is 0 Å². The number of likely N-dealkylation sites (tertiary alicyclic amines) is 1. The average molecular weight is 340 g/mol. The first-order valence-corrected chi connectivity index (χ1v) is 9.42. The van der Waals surface area contributed by atoms with Crippen LogP contribution < -0.4 is 10.1 Å². The van der Waals surface area contributed by atoms with Crippen molar-refractivity contribution in [3.8, 4) is 5.75 Å². The van der Waals surface area contributed by atoms with Gasteiger partial charge in [-0.1, -0.05) is 18.2 Å². The lowest BCUT2D eigenvalue weighted by Crippen LogP contribution is -2.53. The van der Waals surface area contributed by atoms with Crippen LogP contribution in [0, 0.1) is 0 Å². The van der Waals surface area contributed by atoms with E-state index in [2.05, 4.69) is 48.3 Å². The molecule has 0 radical (unpaired) electrons. The molecule has 4 nitrogen and oxygen atoms in total. The lowest BCUT2D eigenvalue weighted by atomic mass is 9.80. The molecule has 0 amide bonds. The zero-order valence-corrected chi connectivity index (χ0v) is 15.2. The Balaban J connectivity index is 1.52. The molecular weight excluding hydrogens is 312 g/mol. The van der Waals surface area contributed by atoms with Gasteiger partial charge in [0.1, 0.15) is 11.4 Å². The van der Waals surface area contributed by atoms with Gasteiger partial charge < -0.3 is 19.4 Å². The zero-order valence-electron chi connectivity index (χ0n) is 15.2. The third-order valence-corrected chi connectivity index (χ3v) is 5.77. The number of hydrogen-bond donors (Lipinski definition) is 1. The summed E-state index contributed by atoms with van der Waals surface area (Å²) in [7, 11) is 0. The van der Waals surface area contributed by atoms with Crippen molar-refractivity contribution in [2.45, 2.75) is 57.3 Å². The lowest BCUT2D eigenvalue weighted by molar-refractivity contribution is -0.0314. The standard InChI is InChI=1S/C21H28N2O2/c1-16(2)23-10-8-21(9-11-23)13-19(22-14-17-7-12-24-15-17)18-5-3-4-6-20(18)25-21/h3-7,12,15-16,19,22H,8-11,13-14H2,1-2H3. The fourth-order valence-electron chi connectivity index (χ4n) is 4.19. The van der Waals surface area contributed by atoms with Gasteiger partial charge in [-0.2, -0.15) is 0 Å². The largest absolute Gasteiger partial charge is 0.487 e. The van der Waals surface area contributed by atoms with Crippen LogP contribution in [0.1, 0.15) is 50.3 Å². The van der Waals surface area contributed by atoms with E-state index >= 15 is 0 Å². The highest BCUT2D eigenvalue weighted by Gasteiger charge is 2.43. The molecule has 0 saturated carbocycles. The number of rotatable bonds is 4. The molecule has 1 spiro atoms. The summed E-state index contributed by atoms with van der Waals surface area (Å²) < 4.78 is 11.8. The summed E-state index contributed by atoms with van der Waals surface area (Å²) in [6, 6.07) is 11.5. The van der Waals surface area contributed by atoms with Crippen molar-refractivity contribution in [2.24, 2.45) is 0 Å². The van der Waals surface area contributed by atoms with Gasteiger partial charge in [-0.25, -0.2) is 0 Å². The zero-order chi connectivity index (χ0) is 17.3. The second kappa shape index (κ2) is 6.85. The Hall–Kier alpha value is -1.78. The summed E-state index contributed by atoms with van der Waals surface area (Å²) in [5.41, 5.74) is 2.43. The monoisotopic (exact) mass is 340 g/mol. The predicted molar refractivity (Wildman–Crippen MR) is 98.6 cm³/mol. The third-order valence-electron chi connectivity index (χ3n) is 5.77. The van der Waals surface area contributed by atoms with E-state index in [0.29, 0.717) is 12.1 Å². The fourth-order valence-corrected chi connectivity index (χ4v) is 4.19. The second-order valence-corrected chi connectivity index (χ2v) is 7.72. The maximum Gasteiger partial charge on any atom is 0.124 e. The van der Waals surface area contributed by atoms with Gasteiger partial charge in [0.25, 0.3) is 0 Å². The van der Waals surface area contributed by atoms with Crippen molar-refractivity contribution in [2.75, 3.05) is 13.1 Å². The Morgan fingerprint density at radius 2 is 2.00 bits per heavy atom. The van der Waals surface area contributed by atoms with E-state index in [1.807, 2.05) is 12.3 Å². The third kappa shape index (κ3) is 3.46. The van der Waals surface area contributed by atoms with E-state index in [1.54, 1.807) is 6.26 Å². The summed E-state index contributed by atoms with van der Waals surface area (Å²) in [6.45, 7) is 7.63. The number of furan rings is 1. The van der Waals surface area contributed by atoms with E-state index in [1.165, 1.54) is 11.1 Å². The van der Waals surface area contributed by atoms with Gasteiger partial charge in [0.05, 0.1) is 12.5 Å². The second-order valence-electron chi connectivity index (χ2n) is 7.72. The van der Waals surface area contributed by atoms with E-state index < -0.39 is 0 Å². The van der Waals surface area contributed by atoms with Crippen molar-refractivity contribution < 1.29 is 9.15 Å². The summed E-state index contributed by atoms with van der Waals surface area (Å²) in [5, 5.41) is 3.73. The van der Waals surface area contributed by atoms with Crippen molar-refractivity contribution in [3.63, 3.8) is 0 Å². The molecule has 1 aromatic carbocycles. The van der Waals surface area contributed by atoms with E-state index in [9.17, 15) is 0 Å². The lowest BCUT2D eigenvalue weighted by Gasteiger charge is -2.48. The Labute approximate surface area is 150 Å². The summed E-state index contributed by atoms with van der Waals surface area (Å²) in [6.07, 6.45) is 6.79. The topological polar surface area (TPSA) is 37.6 Å². The molecule has 1 N–H and O–H groups in total. The molecule has 1 atom stereocenters. The van der Waals surface area contributed by atoms with Crippen molar-refractivity contribution >= 4 is 0 Å². The number of nitrogens with zero attached hydrogens (tertiary/aromatic N) is 1. The maximum atomic E-state index is 6.57. The minimum atomic E-state index is -0.0339. The smallest absolute Gasteiger partial charge is 0.124 e. The molecule has 25 heavy (non-hydrogen) atoms. The number of nitrogens with one attached hydrogen (secondary N) is 1. The van der Waals surface area contributed by atoms with Crippen molar-refractivity contribution in [1.29, 1.82) is 0 Å². The number of ether oxygens (including phenoxy) is 1. The molecule has 134 valence electrons. The molecule has 0 bridgehead atoms. The van der Waals surface area contributed by atoms with Crippen LogP contribution in [0.4, 0.5) is 0 Å². The van der Waals surface area contributed by atoms with Gasteiger partial charge in [0, 0.05) is 49.3 Å². The fraction of sp³-hybridized carbons (Fsp3) is 0.524. The Morgan fingerprint density at radius 3 is 2.72 bits per heavy atom. The molecule has 4 rings (SSSR count). The van der Waals surface area contributed by atoms with Crippen molar-refractivity contribution in [3.05, 3.63) is 54.0 Å². The van der Waals surface area contributed by atoms with Crippen LogP contribution in [0.5, 0.6) is 5.75 Å². The number of benzene rings is 1. The maximum absolute atomic E-state index is 6.57. The van der Waals surface area contributed by atoms with Gasteiger partial charge >= 0.3 is 0 Å². The predicted octanol–water partition coefficient (Wildman–Crippen LogP) is 4.14. The minimum absolute atomic E-state index is 0.0339. The summed E-state index contributed by atoms with van der Waals surface area (Å²) in [5.74, 6) is 1.05. The van der Waals surface area contributed by atoms with E-state index in [-0.39, 0.29) is 5.60 Å². The molecule has 0 aliphatic carbocycles. The van der Waals surface area contributed by atoms with E-state index in [0.717, 1.165) is 44.6 Å². The van der Waals surface area contributed by atoms with Crippen LogP contribution in [-0.4, -0.2) is 29.6 Å². The number of piperidine rings is 1. The molecular formula is C21H28N2O2. The van der Waals surface area contributed by atoms with Crippen LogP contribution >= 0.6 is 0 Å². The Bertz CT molecular complexity index is 688. The molecule has 2 aliphatic heterocycles. The number of para-hydroxylation sites is 1. The highest BCUT2D eigenvalue weighted by Crippen LogP contribution is 2.44. The van der Waals surface area contributed by atoms with Crippen molar-refractivity contribution in [1.82, 2.24) is 10.2 Å². The average Bonchev–Trinajstić information content (AvgIpc) is 3.13. The van der Waals surface area contributed by atoms with Crippen LogP contribution in [0.3, 0.4) is 0 Å². The molecule has 3 heterocycles. The number of hydrogen-bond acceptors (Lipinski definition) is 4. The molecule has 4 heteroatoms. The molecule has 1 unspecified atom stereocenters. The highest BCUT2D eigenvalue weighted by atomic mass is 16.5. The highest BCUT2D eigenvalue weighted by molar-refractivity contribution is 5.39. The first-order chi connectivity index (χ1) is 12.2. The number of fused-ring (bicyclic) bond motifs is 1. The van der Waals surface area contributed by atoms with Crippen LogP contribution in [-0.2, 0) is 6.54 Å². The molecule has 2 aromatic rings. The van der Waals surface area contributed by atoms with Gasteiger partial charge in [-0.15, -0.1) is 0 Å². The Kier molecular flexibility index (Phi) is 4.57. The Morgan fingerprint density at radius 1 is 1.20 bits per heavy atom. The SMILES string of the molecule is CC(C)N1CCC2(CC1)CC(NCc1ccoc1)c1ccccc1O2. The first-order valence-electron chi connectivity index (χ1n) is 9.42. The normalized spacial score (nSPS) is 22.8. The quantitative estimate of drug-likeness (QED) is 0.908. The summed E-state index contributed by atoms with van der Waals surface area (Å²) in [4.78, 5) is 2.56. The van der Waals surface area contributed by atoms with Gasteiger partial charge in [-0.05, 0) is 38.8 Å². The first kappa shape index (κ1) is 16.7. The van der Waals surface area contributed by atoms with Crippen LogP contribution in [0.25, 0.3) is 0 Å².